The molecule has 0 bridgehead atoms. The molecule has 1 fully saturated rings. The van der Waals surface area contributed by atoms with Gasteiger partial charge in [0.1, 0.15) is 5.56 Å². The minimum atomic E-state index is -0.417. The van der Waals surface area contributed by atoms with Crippen LogP contribution in [0.4, 0.5) is 5.13 Å². The van der Waals surface area contributed by atoms with Gasteiger partial charge in [-0.25, -0.2) is 4.98 Å². The summed E-state index contributed by atoms with van der Waals surface area (Å²) in [4.78, 5) is 33.8. The summed E-state index contributed by atoms with van der Waals surface area (Å²) in [7, 11) is 3.85. The van der Waals surface area contributed by atoms with Crippen molar-refractivity contribution >= 4 is 27.3 Å². The maximum Gasteiger partial charge on any atom is 0.288 e. The molecule has 0 aliphatic carbocycles. The highest BCUT2D eigenvalue weighted by Gasteiger charge is 2.22. The van der Waals surface area contributed by atoms with Gasteiger partial charge in [-0.2, -0.15) is 4.52 Å². The molecular formula is C16H24N6O2S. The topological polar surface area (TPSA) is 82.8 Å². The minimum Gasteiger partial charge on any atom is -0.351 e. The number of fused-ring (bicyclic) bond motifs is 1. The third-order valence-corrected chi connectivity index (χ3v) is 5.28. The molecule has 1 amide bonds. The summed E-state index contributed by atoms with van der Waals surface area (Å²) >= 11 is 1.39. The van der Waals surface area contributed by atoms with Gasteiger partial charge in [0.15, 0.2) is 0 Å². The molecule has 3 heterocycles. The molecule has 0 saturated carbocycles. The summed E-state index contributed by atoms with van der Waals surface area (Å²) in [6.07, 6.45) is 3.69. The van der Waals surface area contributed by atoms with Gasteiger partial charge in [-0.1, -0.05) is 18.3 Å². The van der Waals surface area contributed by atoms with E-state index in [1.54, 1.807) is 0 Å². The van der Waals surface area contributed by atoms with Gasteiger partial charge in [0.2, 0.25) is 10.1 Å². The van der Waals surface area contributed by atoms with Gasteiger partial charge in [-0.05, 0) is 32.9 Å². The molecule has 9 heteroatoms. The Hall–Kier alpha value is -2.00. The Labute approximate surface area is 150 Å². The Bertz CT molecular complexity index is 815. The van der Waals surface area contributed by atoms with E-state index in [0.717, 1.165) is 24.6 Å². The molecule has 2 aromatic rings. The number of likely N-dealkylation sites (N-methyl/N-ethyl adjacent to an activating group) is 1. The molecule has 8 nitrogen and oxygen atoms in total. The van der Waals surface area contributed by atoms with Crippen molar-refractivity contribution in [1.82, 2.24) is 24.8 Å². The van der Waals surface area contributed by atoms with Gasteiger partial charge in [-0.3, -0.25) is 9.59 Å². The van der Waals surface area contributed by atoms with E-state index in [-0.39, 0.29) is 5.56 Å². The van der Waals surface area contributed by atoms with Gasteiger partial charge in [0.25, 0.3) is 11.5 Å². The summed E-state index contributed by atoms with van der Waals surface area (Å²) in [5, 5.41) is 7.96. The quantitative estimate of drug-likeness (QED) is 0.840. The third kappa shape index (κ3) is 3.98. The Morgan fingerprint density at radius 2 is 2.28 bits per heavy atom. The Morgan fingerprint density at radius 3 is 3.00 bits per heavy atom. The van der Waals surface area contributed by atoms with E-state index in [0.29, 0.717) is 24.0 Å². The molecule has 1 aliphatic rings. The fourth-order valence-electron chi connectivity index (χ4n) is 2.91. The second-order valence-electron chi connectivity index (χ2n) is 6.81. The molecule has 0 spiro atoms. The molecule has 1 N–H and O–H groups in total. The molecule has 0 aromatic carbocycles. The van der Waals surface area contributed by atoms with Crippen LogP contribution in [-0.2, 0) is 0 Å². The van der Waals surface area contributed by atoms with E-state index >= 15 is 0 Å². The summed E-state index contributed by atoms with van der Waals surface area (Å²) in [5.74, 6) is 0.207. The van der Waals surface area contributed by atoms with Crippen molar-refractivity contribution in [3.63, 3.8) is 0 Å². The number of piperidine rings is 1. The number of carbonyl (C=O) groups excluding carboxylic acids is 1. The van der Waals surface area contributed by atoms with Crippen LogP contribution >= 0.6 is 11.3 Å². The van der Waals surface area contributed by atoms with E-state index in [1.807, 2.05) is 19.0 Å². The zero-order valence-corrected chi connectivity index (χ0v) is 15.7. The molecule has 1 aliphatic heterocycles. The van der Waals surface area contributed by atoms with Crippen molar-refractivity contribution in [2.45, 2.75) is 19.8 Å². The van der Waals surface area contributed by atoms with E-state index in [4.69, 9.17) is 0 Å². The lowest BCUT2D eigenvalue weighted by molar-refractivity contribution is 0.0949. The number of nitrogens with zero attached hydrogens (tertiary/aromatic N) is 5. The Balaban J connectivity index is 1.82. The average molecular weight is 364 g/mol. The number of rotatable bonds is 5. The monoisotopic (exact) mass is 364 g/mol. The van der Waals surface area contributed by atoms with Crippen LogP contribution in [0.3, 0.4) is 0 Å². The van der Waals surface area contributed by atoms with Gasteiger partial charge < -0.3 is 15.1 Å². The van der Waals surface area contributed by atoms with Crippen LogP contribution in [0.5, 0.6) is 0 Å². The van der Waals surface area contributed by atoms with E-state index < -0.39 is 11.5 Å². The van der Waals surface area contributed by atoms with Gasteiger partial charge in [0.05, 0.1) is 0 Å². The summed E-state index contributed by atoms with van der Waals surface area (Å²) < 4.78 is 1.25. The highest BCUT2D eigenvalue weighted by Crippen LogP contribution is 2.26. The average Bonchev–Trinajstić information content (AvgIpc) is 3.00. The van der Waals surface area contributed by atoms with Crippen LogP contribution in [0.1, 0.15) is 30.1 Å². The maximum atomic E-state index is 12.6. The number of hydrogen-bond acceptors (Lipinski definition) is 7. The third-order valence-electron chi connectivity index (χ3n) is 4.29. The number of anilines is 1. The lowest BCUT2D eigenvalue weighted by atomic mass is 10.0. The van der Waals surface area contributed by atoms with E-state index in [1.165, 1.54) is 28.5 Å². The predicted octanol–water partition coefficient (Wildman–Crippen LogP) is 0.679. The van der Waals surface area contributed by atoms with Crippen LogP contribution in [-0.4, -0.2) is 65.7 Å². The lowest BCUT2D eigenvalue weighted by Crippen LogP contribution is -2.36. The normalized spacial score (nSPS) is 18.1. The fraction of sp³-hybridized carbons (Fsp3) is 0.625. The Kier molecular flexibility index (Phi) is 5.33. The first kappa shape index (κ1) is 17.8. The molecule has 136 valence electrons. The molecule has 25 heavy (non-hydrogen) atoms. The van der Waals surface area contributed by atoms with Crippen LogP contribution in [0.2, 0.25) is 0 Å². The molecule has 1 atom stereocenters. The highest BCUT2D eigenvalue weighted by atomic mass is 32.1. The highest BCUT2D eigenvalue weighted by molar-refractivity contribution is 7.20. The number of aromatic nitrogens is 3. The van der Waals surface area contributed by atoms with Crippen molar-refractivity contribution < 1.29 is 4.79 Å². The molecule has 3 rings (SSSR count). The van der Waals surface area contributed by atoms with Crippen LogP contribution < -0.4 is 15.8 Å². The zero-order chi connectivity index (χ0) is 18.0. The van der Waals surface area contributed by atoms with Gasteiger partial charge >= 0.3 is 0 Å². The van der Waals surface area contributed by atoms with E-state index in [2.05, 4.69) is 27.2 Å². The SMILES string of the molecule is CC1CCCN(c2nn3c(=O)c(C(=O)NCCN(C)C)cnc3s2)C1. The number of hydrogen-bond donors (Lipinski definition) is 1. The van der Waals surface area contributed by atoms with Gasteiger partial charge in [-0.15, -0.1) is 5.10 Å². The van der Waals surface area contributed by atoms with Gasteiger partial charge in [0, 0.05) is 32.4 Å². The number of amides is 1. The lowest BCUT2D eigenvalue weighted by Gasteiger charge is -2.30. The summed E-state index contributed by atoms with van der Waals surface area (Å²) in [5.41, 5.74) is -0.389. The largest absolute Gasteiger partial charge is 0.351 e. The number of nitrogens with one attached hydrogen (secondary N) is 1. The second kappa shape index (κ2) is 7.49. The smallest absolute Gasteiger partial charge is 0.288 e. The van der Waals surface area contributed by atoms with Crippen molar-refractivity contribution in [3.05, 3.63) is 22.1 Å². The van der Waals surface area contributed by atoms with Crippen LogP contribution in [0, 0.1) is 5.92 Å². The van der Waals surface area contributed by atoms with Crippen LogP contribution in [0.15, 0.2) is 11.0 Å². The summed E-state index contributed by atoms with van der Waals surface area (Å²) in [6.45, 7) is 5.28. The van der Waals surface area contributed by atoms with Crippen LogP contribution in [0.25, 0.3) is 4.96 Å². The first-order valence-electron chi connectivity index (χ1n) is 8.52. The van der Waals surface area contributed by atoms with Crippen molar-refractivity contribution in [2.24, 2.45) is 5.92 Å². The predicted molar refractivity (Wildman–Crippen MR) is 98.6 cm³/mol. The van der Waals surface area contributed by atoms with Crippen molar-refractivity contribution in [2.75, 3.05) is 45.2 Å². The zero-order valence-electron chi connectivity index (χ0n) is 14.9. The van der Waals surface area contributed by atoms with Crippen molar-refractivity contribution in [3.8, 4) is 0 Å². The molecular weight excluding hydrogens is 340 g/mol. The minimum absolute atomic E-state index is 0.0279. The molecule has 1 saturated heterocycles. The first-order valence-corrected chi connectivity index (χ1v) is 9.34. The number of carbonyl (C=O) groups is 1. The van der Waals surface area contributed by atoms with Crippen molar-refractivity contribution in [1.29, 1.82) is 0 Å². The maximum absolute atomic E-state index is 12.6. The molecule has 2 aromatic heterocycles. The first-order chi connectivity index (χ1) is 12.0. The molecule has 0 radical (unpaired) electrons. The molecule has 1 unspecified atom stereocenters. The second-order valence-corrected chi connectivity index (χ2v) is 7.74. The van der Waals surface area contributed by atoms with E-state index in [9.17, 15) is 9.59 Å². The standard InChI is InChI=1S/C16H24N6O2S/c1-11-5-4-7-21(10-11)16-19-22-14(24)12(9-18-15(22)25-16)13(23)17-6-8-20(2)3/h9,11H,4-8,10H2,1-3H3,(H,17,23). The summed E-state index contributed by atoms with van der Waals surface area (Å²) in [6, 6.07) is 0. The fourth-order valence-corrected chi connectivity index (χ4v) is 3.81. The Morgan fingerprint density at radius 1 is 1.48 bits per heavy atom.